The van der Waals surface area contributed by atoms with Gasteiger partial charge in [-0.1, -0.05) is 0 Å². The average Bonchev–Trinajstić information content (AvgIpc) is 1.94. The largest absolute Gasteiger partial charge is 0.519 e. The fraction of sp³-hybridized carbons (Fsp3) is 0. The Kier molecular flexibility index (Phi) is 1.53. The quantitative estimate of drug-likeness (QED) is 0.333. The molecule has 1 aliphatic rings. The first-order chi connectivity index (χ1) is 3.89. The van der Waals surface area contributed by atoms with E-state index in [-0.39, 0.29) is 0 Å². The first-order valence-corrected chi connectivity index (χ1v) is 3.15. The summed E-state index contributed by atoms with van der Waals surface area (Å²) in [6, 6.07) is 0. The summed E-state index contributed by atoms with van der Waals surface area (Å²) in [5.41, 5.74) is 0. The van der Waals surface area contributed by atoms with E-state index in [4.69, 9.17) is 0 Å². The van der Waals surface area contributed by atoms with E-state index in [1.165, 1.54) is 6.26 Å². The van der Waals surface area contributed by atoms with Crippen LogP contribution in [0.4, 0.5) is 4.79 Å². The Morgan fingerprint density at radius 3 is 3.25 bits per heavy atom. The number of ether oxygens (including phenoxy) is 1. The van der Waals surface area contributed by atoms with Crippen LogP contribution in [0.1, 0.15) is 0 Å². The van der Waals surface area contributed by atoms with Gasteiger partial charge in [0.25, 0.3) is 0 Å². The fourth-order valence-corrected chi connectivity index (χ4v) is 0.667. The van der Waals surface area contributed by atoms with Crippen LogP contribution in [0, 0.1) is 0 Å². The van der Waals surface area contributed by atoms with E-state index in [1.807, 2.05) is 0 Å². The lowest BCUT2D eigenvalue weighted by molar-refractivity contribution is 0.137. The van der Waals surface area contributed by atoms with Crippen molar-refractivity contribution in [3.63, 3.8) is 0 Å². The molecule has 0 saturated carbocycles. The number of rotatable bonds is 0. The maximum absolute atomic E-state index is 10.1. The number of hydrogen-bond acceptors (Lipinski definition) is 4. The second-order valence-electron chi connectivity index (χ2n) is 1.07. The predicted molar refractivity (Wildman–Crippen MR) is 26.3 cm³/mol. The number of cyclic esters (lactones) is 1. The zero-order valence-electron chi connectivity index (χ0n) is 3.99. The molecule has 0 aromatic carbocycles. The first kappa shape index (κ1) is 5.17. The second-order valence-corrected chi connectivity index (χ2v) is 1.93. The minimum Gasteiger partial charge on any atom is -0.519 e. The minimum absolute atomic E-state index is 0.676. The second kappa shape index (κ2) is 2.36. The maximum Gasteiger partial charge on any atom is 0.501 e. The molecule has 8 heavy (non-hydrogen) atoms. The van der Waals surface area contributed by atoms with Gasteiger partial charge >= 0.3 is 16.2 Å². The van der Waals surface area contributed by atoms with Crippen LogP contribution in [-0.2, 0) is 13.6 Å². The van der Waals surface area contributed by atoms with Crippen LogP contribution < -0.4 is 0 Å². The Labute approximate surface area is 48.1 Å². The highest BCUT2D eigenvalue weighted by Crippen LogP contribution is 1.90. The summed E-state index contributed by atoms with van der Waals surface area (Å²) in [5.74, 6) is 0. The number of hydrogen-bond donors (Lipinski definition) is 0. The average molecular weight is 132 g/mol. The molecule has 0 bridgehead atoms. The van der Waals surface area contributed by atoms with Crippen LogP contribution in [0.15, 0.2) is 12.5 Å². The lowest BCUT2D eigenvalue weighted by Gasteiger charge is -1.93. The highest BCUT2D eigenvalue weighted by Gasteiger charge is 2.03. The van der Waals surface area contributed by atoms with Crippen molar-refractivity contribution < 1.29 is 18.4 Å². The van der Waals surface area contributed by atoms with E-state index < -0.39 is 16.2 Å². The highest BCUT2D eigenvalue weighted by molar-refractivity contribution is 6.22. The van der Waals surface area contributed by atoms with E-state index in [0.717, 1.165) is 6.26 Å². The minimum atomic E-state index is -1.14. The summed E-state index contributed by atoms with van der Waals surface area (Å²) in [5, 5.41) is 0. The summed E-state index contributed by atoms with van der Waals surface area (Å²) in [4.78, 5) is 10.1. The fourth-order valence-electron chi connectivity index (χ4n) is 0.278. The molecule has 0 N–H and O–H groups in total. The topological polar surface area (TPSA) is 44.8 Å². The molecule has 0 spiro atoms. The molecule has 44 valence electrons. The van der Waals surface area contributed by atoms with E-state index in [0.29, 0.717) is 0 Å². The molecule has 0 atom stereocenters. The molecule has 0 amide bonds. The summed E-state index contributed by atoms with van der Waals surface area (Å²) >= 11 is 0. The van der Waals surface area contributed by atoms with Gasteiger partial charge in [-0.2, -0.15) is 0 Å². The van der Waals surface area contributed by atoms with Gasteiger partial charge in [-0.3, -0.25) is 0 Å². The van der Waals surface area contributed by atoms with Crippen LogP contribution in [0.25, 0.3) is 0 Å². The molecule has 0 fully saturated rings. The van der Waals surface area contributed by atoms with E-state index >= 15 is 0 Å². The van der Waals surface area contributed by atoms with Crippen molar-refractivity contribution in [2.24, 2.45) is 0 Å². The van der Waals surface area contributed by atoms with Crippen molar-refractivity contribution in [1.29, 1.82) is 0 Å². The molecule has 0 saturated heterocycles. The zero-order valence-corrected chi connectivity index (χ0v) is 5.41. The lowest BCUT2D eigenvalue weighted by Crippen LogP contribution is -2.05. The molecule has 1 aliphatic heterocycles. The molecule has 0 aliphatic carbocycles. The molecule has 5 heteroatoms. The highest BCUT2D eigenvalue weighted by atomic mass is 28.3. The Balaban J connectivity index is 2.41. The van der Waals surface area contributed by atoms with Crippen LogP contribution in [0.3, 0.4) is 0 Å². The van der Waals surface area contributed by atoms with Crippen LogP contribution in [0.2, 0.25) is 0 Å². The molecular formula is C3H4O4Si. The van der Waals surface area contributed by atoms with Gasteiger partial charge < -0.3 is 13.6 Å². The van der Waals surface area contributed by atoms with Crippen LogP contribution in [0.5, 0.6) is 0 Å². The Bertz CT molecular complexity index is 120. The maximum atomic E-state index is 10.1. The van der Waals surface area contributed by atoms with Crippen molar-refractivity contribution in [3.05, 3.63) is 12.5 Å². The third-order valence-corrected chi connectivity index (χ3v) is 1.24. The van der Waals surface area contributed by atoms with E-state index in [9.17, 15) is 4.79 Å². The zero-order chi connectivity index (χ0) is 5.82. The Morgan fingerprint density at radius 2 is 2.38 bits per heavy atom. The SMILES string of the molecule is O=C1OC=CO[SiH2]O1. The summed E-state index contributed by atoms with van der Waals surface area (Å²) in [6.07, 6.45) is 1.78. The van der Waals surface area contributed by atoms with Crippen LogP contribution >= 0.6 is 0 Å². The van der Waals surface area contributed by atoms with Crippen molar-refractivity contribution >= 4 is 16.2 Å². The normalized spacial score (nSPS) is 20.8. The smallest absolute Gasteiger partial charge is 0.501 e. The Morgan fingerprint density at radius 1 is 1.50 bits per heavy atom. The molecule has 0 radical (unpaired) electrons. The van der Waals surface area contributed by atoms with Gasteiger partial charge in [-0.25, -0.2) is 4.79 Å². The standard InChI is InChI=1S/C3H4O4Si/c4-3-5-1-2-6-8-7-3/h1-2H,8H2. The van der Waals surface area contributed by atoms with Gasteiger partial charge in [0.1, 0.15) is 12.5 Å². The first-order valence-electron chi connectivity index (χ1n) is 1.99. The molecular weight excluding hydrogens is 128 g/mol. The third kappa shape index (κ3) is 1.27. The molecule has 4 nitrogen and oxygen atoms in total. The molecule has 0 unspecified atom stereocenters. The van der Waals surface area contributed by atoms with Crippen molar-refractivity contribution in [2.75, 3.05) is 0 Å². The molecule has 0 aromatic heterocycles. The molecule has 1 rings (SSSR count). The van der Waals surface area contributed by atoms with Crippen molar-refractivity contribution in [1.82, 2.24) is 0 Å². The lowest BCUT2D eigenvalue weighted by atomic mass is 11.1. The monoisotopic (exact) mass is 132 g/mol. The van der Waals surface area contributed by atoms with Crippen molar-refractivity contribution in [3.8, 4) is 0 Å². The van der Waals surface area contributed by atoms with E-state index in [1.54, 1.807) is 0 Å². The Hall–Kier alpha value is -0.973. The van der Waals surface area contributed by atoms with E-state index in [2.05, 4.69) is 13.6 Å². The molecule has 0 aromatic rings. The summed E-state index contributed by atoms with van der Waals surface area (Å²) in [6.45, 7) is 0. The summed E-state index contributed by atoms with van der Waals surface area (Å²) in [7, 11) is -1.14. The molecule has 1 heterocycles. The summed E-state index contributed by atoms with van der Waals surface area (Å²) < 4.78 is 13.3. The van der Waals surface area contributed by atoms with Gasteiger partial charge in [0, 0.05) is 0 Å². The van der Waals surface area contributed by atoms with Crippen LogP contribution in [-0.4, -0.2) is 16.2 Å². The van der Waals surface area contributed by atoms with Gasteiger partial charge in [-0.05, 0) is 0 Å². The van der Waals surface area contributed by atoms with Gasteiger partial charge in [0.05, 0.1) is 0 Å². The van der Waals surface area contributed by atoms with Gasteiger partial charge in [-0.15, -0.1) is 0 Å². The third-order valence-electron chi connectivity index (χ3n) is 0.561. The van der Waals surface area contributed by atoms with Crippen molar-refractivity contribution in [2.45, 2.75) is 0 Å². The predicted octanol–water partition coefficient (Wildman–Crippen LogP) is -0.360. The number of carbonyl (C=O) groups is 1. The van der Waals surface area contributed by atoms with Gasteiger partial charge in [0.2, 0.25) is 0 Å². The number of carbonyl (C=O) groups excluding carboxylic acids is 1. The van der Waals surface area contributed by atoms with Gasteiger partial charge in [0.15, 0.2) is 0 Å².